The number of anilines is 2. The van der Waals surface area contributed by atoms with Crippen molar-refractivity contribution < 1.29 is 4.79 Å². The number of amides is 1. The van der Waals surface area contributed by atoms with Crippen LogP contribution in [-0.4, -0.2) is 56.2 Å². The smallest absolute Gasteiger partial charge is 0.244 e. The van der Waals surface area contributed by atoms with Gasteiger partial charge in [0.05, 0.1) is 23.6 Å². The van der Waals surface area contributed by atoms with Crippen molar-refractivity contribution in [2.45, 2.75) is 37.6 Å². The molecule has 4 rings (SSSR count). The number of nitrogens with zero attached hydrogens (tertiary/aromatic N) is 6. The topological polar surface area (TPSA) is 93.2 Å². The zero-order chi connectivity index (χ0) is 18.1. The second-order valence-corrected chi connectivity index (χ2v) is 7.19. The van der Waals surface area contributed by atoms with Crippen molar-refractivity contribution in [3.8, 4) is 0 Å². The molecule has 0 bridgehead atoms. The van der Waals surface area contributed by atoms with Gasteiger partial charge in [-0.15, -0.1) is 0 Å². The number of aryl methyl sites for hydroxylation is 1. The van der Waals surface area contributed by atoms with Crippen LogP contribution < -0.4 is 10.6 Å². The molecule has 138 valence electrons. The molecule has 2 atom stereocenters. The first-order valence-corrected chi connectivity index (χ1v) is 9.24. The summed E-state index contributed by atoms with van der Waals surface area (Å²) in [6, 6.07) is 1.88. The number of hydrogen-bond acceptors (Lipinski definition) is 6. The normalized spacial score (nSPS) is 24.8. The number of likely N-dealkylation sites (tertiary alicyclic amines) is 1. The van der Waals surface area contributed by atoms with Crippen molar-refractivity contribution in [2.75, 3.05) is 30.3 Å². The molecule has 2 aromatic heterocycles. The second-order valence-electron chi connectivity index (χ2n) is 7.19. The van der Waals surface area contributed by atoms with Crippen LogP contribution in [0.5, 0.6) is 0 Å². The van der Waals surface area contributed by atoms with Crippen LogP contribution in [0.4, 0.5) is 11.6 Å². The zero-order valence-electron chi connectivity index (χ0n) is 15.1. The summed E-state index contributed by atoms with van der Waals surface area (Å²) in [5.41, 5.74) is 7.61. The Bertz CT molecular complexity index is 789. The van der Waals surface area contributed by atoms with Gasteiger partial charge in [0, 0.05) is 38.4 Å². The highest BCUT2D eigenvalue weighted by molar-refractivity contribution is 5.97. The predicted molar refractivity (Wildman–Crippen MR) is 98.6 cm³/mol. The summed E-state index contributed by atoms with van der Waals surface area (Å²) in [7, 11) is 1.87. The van der Waals surface area contributed by atoms with E-state index < -0.39 is 0 Å². The van der Waals surface area contributed by atoms with E-state index in [9.17, 15) is 4.79 Å². The first-order valence-electron chi connectivity index (χ1n) is 9.24. The van der Waals surface area contributed by atoms with Crippen molar-refractivity contribution in [3.05, 3.63) is 30.4 Å². The van der Waals surface area contributed by atoms with Crippen LogP contribution >= 0.6 is 0 Å². The molecule has 4 heterocycles. The molecule has 26 heavy (non-hydrogen) atoms. The zero-order valence-corrected chi connectivity index (χ0v) is 15.1. The van der Waals surface area contributed by atoms with Crippen LogP contribution in [0.25, 0.3) is 0 Å². The Hall–Kier alpha value is -2.48. The van der Waals surface area contributed by atoms with Gasteiger partial charge < -0.3 is 10.6 Å². The highest BCUT2D eigenvalue weighted by Gasteiger charge is 2.37. The minimum Gasteiger partial charge on any atom is -0.368 e. The molecule has 1 amide bonds. The van der Waals surface area contributed by atoms with Crippen LogP contribution in [0.2, 0.25) is 0 Å². The molecule has 2 fully saturated rings. The number of rotatable bonds is 3. The van der Waals surface area contributed by atoms with Gasteiger partial charge in [-0.2, -0.15) is 5.10 Å². The van der Waals surface area contributed by atoms with E-state index in [-0.39, 0.29) is 11.9 Å². The third-order valence-electron chi connectivity index (χ3n) is 5.42. The minimum atomic E-state index is -0.0639. The fourth-order valence-corrected chi connectivity index (χ4v) is 4.15. The number of aromatic nitrogens is 4. The molecule has 2 saturated heterocycles. The maximum absolute atomic E-state index is 13.1. The largest absolute Gasteiger partial charge is 0.368 e. The molecule has 8 heteroatoms. The van der Waals surface area contributed by atoms with Crippen LogP contribution in [0.1, 0.15) is 37.3 Å². The monoisotopic (exact) mass is 355 g/mol. The van der Waals surface area contributed by atoms with E-state index in [0.29, 0.717) is 11.9 Å². The van der Waals surface area contributed by atoms with Gasteiger partial charge in [0.25, 0.3) is 0 Å². The molecular weight excluding hydrogens is 330 g/mol. The number of carbonyl (C=O) groups is 1. The van der Waals surface area contributed by atoms with Crippen molar-refractivity contribution in [1.29, 1.82) is 0 Å². The lowest BCUT2D eigenvalue weighted by Gasteiger charge is -2.41. The summed E-state index contributed by atoms with van der Waals surface area (Å²) in [6.45, 7) is 2.56. The molecule has 2 unspecified atom stereocenters. The third kappa shape index (κ3) is 3.29. The predicted octanol–water partition coefficient (Wildman–Crippen LogP) is 1.17. The van der Waals surface area contributed by atoms with E-state index in [4.69, 9.17) is 5.73 Å². The van der Waals surface area contributed by atoms with Gasteiger partial charge in [-0.05, 0) is 38.3 Å². The number of carbonyl (C=O) groups excluding carboxylic acids is 1. The van der Waals surface area contributed by atoms with Crippen molar-refractivity contribution in [3.63, 3.8) is 0 Å². The number of nitrogens with two attached hydrogens (primary N) is 1. The van der Waals surface area contributed by atoms with Gasteiger partial charge in [0.2, 0.25) is 11.9 Å². The van der Waals surface area contributed by atoms with E-state index in [1.165, 1.54) is 0 Å². The Morgan fingerprint density at radius 3 is 2.85 bits per heavy atom. The highest BCUT2D eigenvalue weighted by Crippen LogP contribution is 2.30. The lowest BCUT2D eigenvalue weighted by Crippen LogP contribution is -2.54. The Labute approximate surface area is 153 Å². The lowest BCUT2D eigenvalue weighted by molar-refractivity contribution is -0.125. The van der Waals surface area contributed by atoms with E-state index >= 15 is 0 Å². The molecule has 2 aliphatic rings. The molecule has 0 aromatic carbocycles. The summed E-state index contributed by atoms with van der Waals surface area (Å²) in [6.07, 6.45) is 9.44. The number of piperidine rings is 2. The summed E-state index contributed by atoms with van der Waals surface area (Å²) in [5, 5.41) is 4.21. The van der Waals surface area contributed by atoms with Crippen LogP contribution in [0, 0.1) is 0 Å². The maximum atomic E-state index is 13.1. The quantitative estimate of drug-likeness (QED) is 0.888. The molecule has 8 nitrogen and oxygen atoms in total. The number of hydrogen-bond donors (Lipinski definition) is 1. The summed E-state index contributed by atoms with van der Waals surface area (Å²) in [5.74, 6) is 0.804. The first kappa shape index (κ1) is 17.0. The Morgan fingerprint density at radius 1 is 1.23 bits per heavy atom. The van der Waals surface area contributed by atoms with Gasteiger partial charge >= 0.3 is 0 Å². The maximum Gasteiger partial charge on any atom is 0.244 e. The summed E-state index contributed by atoms with van der Waals surface area (Å²) in [4.78, 5) is 25.7. The van der Waals surface area contributed by atoms with Gasteiger partial charge in [-0.3, -0.25) is 14.4 Å². The first-order chi connectivity index (χ1) is 12.6. The average Bonchev–Trinajstić information content (AvgIpc) is 3.08. The fraction of sp³-hybridized carbons (Fsp3) is 0.556. The molecule has 2 aromatic rings. The SMILES string of the molecule is Cn1cc(N2CCCC(N3CCCC(c4ccnc(N)n4)C3)C2=O)cn1. The van der Waals surface area contributed by atoms with Crippen LogP contribution in [0.3, 0.4) is 0 Å². The van der Waals surface area contributed by atoms with Gasteiger partial charge in [0.15, 0.2) is 0 Å². The number of nitrogen functional groups attached to an aromatic ring is 1. The van der Waals surface area contributed by atoms with Crippen LogP contribution in [0.15, 0.2) is 24.7 Å². The molecule has 2 N–H and O–H groups in total. The Morgan fingerprint density at radius 2 is 2.08 bits per heavy atom. The molecule has 2 aliphatic heterocycles. The fourth-order valence-electron chi connectivity index (χ4n) is 4.15. The van der Waals surface area contributed by atoms with Gasteiger partial charge in [-0.1, -0.05) is 0 Å². The molecule has 0 saturated carbocycles. The Kier molecular flexibility index (Phi) is 4.58. The summed E-state index contributed by atoms with van der Waals surface area (Å²) < 4.78 is 1.74. The van der Waals surface area contributed by atoms with Crippen LogP contribution in [-0.2, 0) is 11.8 Å². The highest BCUT2D eigenvalue weighted by atomic mass is 16.2. The van der Waals surface area contributed by atoms with E-state index in [1.807, 2.05) is 24.2 Å². The third-order valence-corrected chi connectivity index (χ3v) is 5.42. The average molecular weight is 355 g/mol. The van der Waals surface area contributed by atoms with Crippen molar-refractivity contribution >= 4 is 17.5 Å². The minimum absolute atomic E-state index is 0.0639. The molecular formula is C18H25N7O. The van der Waals surface area contributed by atoms with Gasteiger partial charge in [-0.25, -0.2) is 9.97 Å². The van der Waals surface area contributed by atoms with Crippen molar-refractivity contribution in [1.82, 2.24) is 24.6 Å². The summed E-state index contributed by atoms with van der Waals surface area (Å²) >= 11 is 0. The van der Waals surface area contributed by atoms with E-state index in [1.54, 1.807) is 17.1 Å². The molecule has 0 spiro atoms. The van der Waals surface area contributed by atoms with Gasteiger partial charge in [0.1, 0.15) is 0 Å². The van der Waals surface area contributed by atoms with E-state index in [0.717, 1.165) is 56.7 Å². The second kappa shape index (κ2) is 7.03. The lowest BCUT2D eigenvalue weighted by atomic mass is 9.91. The standard InChI is InChI=1S/C18H25N7O/c1-23-12-14(10-21-23)25-9-3-5-16(17(25)26)24-8-2-4-13(11-24)15-6-7-20-18(19)22-15/h6-7,10,12-13,16H,2-5,8-9,11H2,1H3,(H2,19,20,22). The Balaban J connectivity index is 1.50. The van der Waals surface area contributed by atoms with E-state index in [2.05, 4.69) is 20.0 Å². The molecule has 0 radical (unpaired) electrons. The van der Waals surface area contributed by atoms with Crippen molar-refractivity contribution in [2.24, 2.45) is 7.05 Å². The molecule has 0 aliphatic carbocycles.